The molecule has 2 heterocycles. The van der Waals surface area contributed by atoms with Crippen molar-refractivity contribution in [3.8, 4) is 0 Å². The highest BCUT2D eigenvalue weighted by atomic mass is 16.2. The Morgan fingerprint density at radius 2 is 1.32 bits per heavy atom. The minimum absolute atomic E-state index is 0.407. The van der Waals surface area contributed by atoms with Crippen LogP contribution < -0.4 is 10.6 Å². The van der Waals surface area contributed by atoms with E-state index in [0.717, 1.165) is 0 Å². The van der Waals surface area contributed by atoms with Gasteiger partial charge in [-0.2, -0.15) is 0 Å². The van der Waals surface area contributed by atoms with E-state index in [-0.39, 0.29) is 0 Å². The lowest BCUT2D eigenvalue weighted by Crippen LogP contribution is -2.72. The Hall–Kier alpha value is -2.50. The molecule has 1 aromatic rings. The number of amides is 4. The zero-order valence-corrected chi connectivity index (χ0v) is 12.1. The monoisotopic (exact) mass is 300 g/mol. The molecule has 0 aromatic heterocycles. The number of hydrogen-bond donors (Lipinski definition) is 2. The molecule has 2 aliphatic rings. The van der Waals surface area contributed by atoms with Crippen LogP contribution in [0.2, 0.25) is 0 Å². The van der Waals surface area contributed by atoms with Gasteiger partial charge in [-0.1, -0.05) is 43.7 Å². The molecule has 114 valence electrons. The smallest absolute Gasteiger partial charge is 0.240 e. The van der Waals surface area contributed by atoms with Crippen molar-refractivity contribution in [2.45, 2.75) is 25.2 Å². The third kappa shape index (κ3) is 1.80. The van der Waals surface area contributed by atoms with Gasteiger partial charge in [0.2, 0.25) is 23.6 Å². The molecule has 22 heavy (non-hydrogen) atoms. The molecule has 0 spiro atoms. The van der Waals surface area contributed by atoms with Gasteiger partial charge in [0.05, 0.1) is 0 Å². The molecule has 0 unspecified atom stereocenters. The second-order valence-electron chi connectivity index (χ2n) is 5.73. The predicted molar refractivity (Wildman–Crippen MR) is 76.3 cm³/mol. The molecule has 2 aliphatic heterocycles. The van der Waals surface area contributed by atoms with Crippen molar-refractivity contribution < 1.29 is 19.2 Å². The first-order valence-corrected chi connectivity index (χ1v) is 7.27. The molecule has 0 saturated carbocycles. The molecule has 2 N–H and O–H groups in total. The normalized spacial score (nSPS) is 30.8. The molecular formula is C16H16N2O4. The summed E-state index contributed by atoms with van der Waals surface area (Å²) in [6.45, 7) is 1.90. The summed E-state index contributed by atoms with van der Waals surface area (Å²) in [5.41, 5.74) is -0.423. The van der Waals surface area contributed by atoms with Gasteiger partial charge in [-0.15, -0.1) is 0 Å². The van der Waals surface area contributed by atoms with Gasteiger partial charge in [0.15, 0.2) is 0 Å². The topological polar surface area (TPSA) is 92.3 Å². The molecule has 0 radical (unpaired) electrons. The second kappa shape index (κ2) is 5.05. The number of piperidine rings is 2. The van der Waals surface area contributed by atoms with Crippen molar-refractivity contribution in [2.75, 3.05) is 0 Å². The van der Waals surface area contributed by atoms with Crippen LogP contribution in [0.1, 0.15) is 25.3 Å². The fraction of sp³-hybridized carbons (Fsp3) is 0.375. The first-order valence-electron chi connectivity index (χ1n) is 7.27. The Labute approximate surface area is 127 Å². The fourth-order valence-corrected chi connectivity index (χ4v) is 3.80. The number of nitrogens with one attached hydrogen (secondary N) is 2. The van der Waals surface area contributed by atoms with Gasteiger partial charge in [-0.25, -0.2) is 0 Å². The Morgan fingerprint density at radius 3 is 1.73 bits per heavy atom. The van der Waals surface area contributed by atoms with E-state index in [1.807, 2.05) is 13.0 Å². The van der Waals surface area contributed by atoms with Crippen molar-refractivity contribution in [2.24, 2.45) is 11.8 Å². The minimum Gasteiger partial charge on any atom is -0.295 e. The highest BCUT2D eigenvalue weighted by molar-refractivity contribution is 6.23. The first kappa shape index (κ1) is 14.4. The summed E-state index contributed by atoms with van der Waals surface area (Å²) >= 11 is 0. The van der Waals surface area contributed by atoms with E-state index in [9.17, 15) is 19.2 Å². The number of hydrogen-bond acceptors (Lipinski definition) is 4. The summed E-state index contributed by atoms with van der Waals surface area (Å²) in [6, 6.07) is 8.91. The fourth-order valence-electron chi connectivity index (χ4n) is 3.80. The summed E-state index contributed by atoms with van der Waals surface area (Å²) in [7, 11) is 0. The Morgan fingerprint density at radius 1 is 0.864 bits per heavy atom. The summed E-state index contributed by atoms with van der Waals surface area (Å²) in [4.78, 5) is 49.2. The van der Waals surface area contributed by atoms with E-state index in [0.29, 0.717) is 18.4 Å². The molecule has 0 atom stereocenters. The number of fused-ring (bicyclic) bond motifs is 2. The summed E-state index contributed by atoms with van der Waals surface area (Å²) in [5, 5.41) is 4.33. The molecule has 2 bridgehead atoms. The van der Waals surface area contributed by atoms with Crippen LogP contribution in [0.4, 0.5) is 0 Å². The van der Waals surface area contributed by atoms with E-state index in [1.54, 1.807) is 24.3 Å². The van der Waals surface area contributed by atoms with Gasteiger partial charge in [0, 0.05) is 5.41 Å². The van der Waals surface area contributed by atoms with Crippen molar-refractivity contribution in [1.82, 2.24) is 10.6 Å². The molecule has 2 fully saturated rings. The lowest BCUT2D eigenvalue weighted by molar-refractivity contribution is -0.161. The lowest BCUT2D eigenvalue weighted by atomic mass is 9.55. The van der Waals surface area contributed by atoms with E-state index < -0.39 is 40.9 Å². The van der Waals surface area contributed by atoms with Crippen LogP contribution >= 0.6 is 0 Å². The lowest BCUT2D eigenvalue weighted by Gasteiger charge is -2.49. The summed E-state index contributed by atoms with van der Waals surface area (Å²) in [5.74, 6) is -4.69. The van der Waals surface area contributed by atoms with E-state index in [1.165, 1.54) is 0 Å². The molecule has 0 aliphatic carbocycles. The molecule has 3 rings (SSSR count). The van der Waals surface area contributed by atoms with Gasteiger partial charge in [-0.05, 0) is 12.0 Å². The standard InChI is InChI=1S/C16H16N2O4/c1-2-8-16(9-6-4-3-5-7-9)10-12(19)17-14(21)11(16)15(22)18-13(10)20/h3-7,10-11H,2,8H2,1H3,(H,17,19,21)(H,18,20,22). The Bertz CT molecular complexity index is 606. The second-order valence-corrected chi connectivity index (χ2v) is 5.73. The maximum Gasteiger partial charge on any atom is 0.240 e. The number of imide groups is 2. The average Bonchev–Trinajstić information content (AvgIpc) is 2.46. The third-order valence-electron chi connectivity index (χ3n) is 4.55. The molecule has 2 saturated heterocycles. The summed E-state index contributed by atoms with van der Waals surface area (Å²) in [6.07, 6.45) is 1.05. The molecule has 6 heteroatoms. The maximum atomic E-state index is 12.3. The quantitative estimate of drug-likeness (QED) is 0.619. The zero-order valence-electron chi connectivity index (χ0n) is 12.1. The summed E-state index contributed by atoms with van der Waals surface area (Å²) < 4.78 is 0. The van der Waals surface area contributed by atoms with Crippen LogP contribution in [0.25, 0.3) is 0 Å². The number of carbonyl (C=O) groups excluding carboxylic acids is 4. The van der Waals surface area contributed by atoms with E-state index >= 15 is 0 Å². The number of benzene rings is 1. The average molecular weight is 300 g/mol. The van der Waals surface area contributed by atoms with Gasteiger partial charge >= 0.3 is 0 Å². The molecule has 1 aromatic carbocycles. The Balaban J connectivity index is 2.28. The van der Waals surface area contributed by atoms with Crippen molar-refractivity contribution in [1.29, 1.82) is 0 Å². The minimum atomic E-state index is -1.10. The largest absolute Gasteiger partial charge is 0.295 e. The van der Waals surface area contributed by atoms with Crippen LogP contribution in [-0.4, -0.2) is 23.6 Å². The highest BCUT2D eigenvalue weighted by Crippen LogP contribution is 2.48. The van der Waals surface area contributed by atoms with Gasteiger partial charge < -0.3 is 0 Å². The van der Waals surface area contributed by atoms with Gasteiger partial charge in [-0.3, -0.25) is 29.8 Å². The zero-order chi connectivity index (χ0) is 15.9. The van der Waals surface area contributed by atoms with Crippen LogP contribution in [-0.2, 0) is 24.6 Å². The van der Waals surface area contributed by atoms with Gasteiger partial charge in [0.25, 0.3) is 0 Å². The van der Waals surface area contributed by atoms with Gasteiger partial charge in [0.1, 0.15) is 11.8 Å². The third-order valence-corrected chi connectivity index (χ3v) is 4.55. The first-order chi connectivity index (χ1) is 10.5. The van der Waals surface area contributed by atoms with E-state index in [4.69, 9.17) is 0 Å². The molecule has 6 nitrogen and oxygen atoms in total. The van der Waals surface area contributed by atoms with Crippen LogP contribution in [0.3, 0.4) is 0 Å². The van der Waals surface area contributed by atoms with Crippen molar-refractivity contribution >= 4 is 23.6 Å². The number of rotatable bonds is 3. The van der Waals surface area contributed by atoms with Crippen molar-refractivity contribution in [3.63, 3.8) is 0 Å². The molecular weight excluding hydrogens is 284 g/mol. The highest BCUT2D eigenvalue weighted by Gasteiger charge is 2.64. The van der Waals surface area contributed by atoms with Crippen LogP contribution in [0, 0.1) is 11.8 Å². The maximum absolute atomic E-state index is 12.3. The molecule has 4 amide bonds. The van der Waals surface area contributed by atoms with E-state index in [2.05, 4.69) is 10.6 Å². The van der Waals surface area contributed by atoms with Crippen LogP contribution in [0.5, 0.6) is 0 Å². The predicted octanol–water partition coefficient (Wildman–Crippen LogP) is 0.270. The SMILES string of the molecule is CCCC1(c2ccccc2)C2C(=O)NC(=O)C1C(=O)NC2=O. The number of carbonyl (C=O) groups is 4. The van der Waals surface area contributed by atoms with Crippen molar-refractivity contribution in [3.05, 3.63) is 35.9 Å². The van der Waals surface area contributed by atoms with Crippen LogP contribution in [0.15, 0.2) is 30.3 Å². The Kier molecular flexibility index (Phi) is 3.31.